The second kappa shape index (κ2) is 20.5. The summed E-state index contributed by atoms with van der Waals surface area (Å²) in [4.78, 5) is 33.0. The molecule has 0 radical (unpaired) electrons. The van der Waals surface area contributed by atoms with Crippen LogP contribution in [0.3, 0.4) is 0 Å². The molecule has 0 spiro atoms. The first-order valence-corrected chi connectivity index (χ1v) is 26.8. The molecule has 4 aliphatic carbocycles. The second-order valence-corrected chi connectivity index (χ2v) is 25.0. The molecule has 0 aromatic heterocycles. The van der Waals surface area contributed by atoms with Gasteiger partial charge in [-0.25, -0.2) is 0 Å². The Kier molecular flexibility index (Phi) is 15.9. The number of anilines is 2. The fourth-order valence-corrected chi connectivity index (χ4v) is 19.3. The van der Waals surface area contributed by atoms with E-state index in [2.05, 4.69) is 0 Å². The maximum absolute atomic E-state index is 18.5. The van der Waals surface area contributed by atoms with E-state index in [-0.39, 0.29) is 55.6 Å². The molecule has 2 aromatic rings. The Morgan fingerprint density at radius 1 is 0.607 bits per heavy atom. The quantitative estimate of drug-likeness (QED) is 0.111. The van der Waals surface area contributed by atoms with Gasteiger partial charge in [-0.15, -0.1) is 0 Å². The van der Waals surface area contributed by atoms with Crippen LogP contribution in [0, 0.1) is 45.9 Å². The Morgan fingerprint density at radius 2 is 0.984 bits per heavy atom. The fraction of sp³-hybridized carbons (Fsp3) is 0.577. The first-order chi connectivity index (χ1) is 29.3. The third kappa shape index (κ3) is 9.38. The van der Waals surface area contributed by atoms with E-state index in [4.69, 9.17) is 0 Å². The molecule has 4 aliphatic rings. The zero-order valence-corrected chi connectivity index (χ0v) is 39.4. The topological polar surface area (TPSA) is 40.6 Å². The van der Waals surface area contributed by atoms with Crippen molar-refractivity contribution in [3.05, 3.63) is 91.7 Å². The SMILES string of the molecule is CCCC(C)(CC)C(=O)N(CC1CCCCC1)c1ccc(F)[c]([Ti]([C]2=CC=CC2)([C]2=CC=CC2)[c]2c(F)ccc(N(CC3CCCCC3)C(=O)C(C)(CC)CCC)c2F)c1F. The van der Waals surface area contributed by atoms with Crippen LogP contribution in [0.5, 0.6) is 0 Å². The van der Waals surface area contributed by atoms with Crippen LogP contribution >= 0.6 is 0 Å². The number of nitrogens with zero attached hydrogens (tertiary/aromatic N) is 2. The Hall–Kier alpha value is -3.23. The second-order valence-electron chi connectivity index (χ2n) is 19.1. The van der Waals surface area contributed by atoms with Crippen molar-refractivity contribution in [2.45, 2.75) is 157 Å². The Bertz CT molecular complexity index is 1880. The molecule has 2 aromatic carbocycles. The van der Waals surface area contributed by atoms with Crippen molar-refractivity contribution in [2.24, 2.45) is 22.7 Å². The molecular weight excluding hydrogens is 808 g/mol. The summed E-state index contributed by atoms with van der Waals surface area (Å²) in [5, 5.41) is 0. The molecule has 6 rings (SSSR count). The summed E-state index contributed by atoms with van der Waals surface area (Å²) in [6.45, 7) is 12.5. The number of carbonyl (C=O) groups excluding carboxylic acids is 2. The van der Waals surface area contributed by atoms with Crippen molar-refractivity contribution < 1.29 is 43.7 Å². The minimum absolute atomic E-state index is 0.0276. The van der Waals surface area contributed by atoms with Gasteiger partial charge in [0.15, 0.2) is 0 Å². The summed E-state index contributed by atoms with van der Waals surface area (Å²) in [6, 6.07) is 5.19. The van der Waals surface area contributed by atoms with E-state index in [0.717, 1.165) is 77.0 Å². The summed E-state index contributed by atoms with van der Waals surface area (Å²) >= 11 is -5.35. The summed E-state index contributed by atoms with van der Waals surface area (Å²) in [5.74, 6) is -3.71. The zero-order chi connectivity index (χ0) is 44.0. The number of hydrogen-bond donors (Lipinski definition) is 0. The van der Waals surface area contributed by atoms with Crippen LogP contribution in [0.2, 0.25) is 0 Å². The average molecular weight is 879 g/mol. The number of allylic oxidation sites excluding steroid dienone is 8. The van der Waals surface area contributed by atoms with Gasteiger partial charge in [-0.2, -0.15) is 0 Å². The fourth-order valence-electron chi connectivity index (χ4n) is 11.1. The zero-order valence-electron chi connectivity index (χ0n) is 37.8. The normalized spacial score (nSPS) is 19.4. The predicted octanol–water partition coefficient (Wildman–Crippen LogP) is 13.3. The predicted molar refractivity (Wildman–Crippen MR) is 240 cm³/mol. The van der Waals surface area contributed by atoms with Gasteiger partial charge in [0, 0.05) is 0 Å². The first-order valence-electron chi connectivity index (χ1n) is 23.6. The number of halogens is 4. The van der Waals surface area contributed by atoms with Crippen LogP contribution in [0.25, 0.3) is 0 Å². The van der Waals surface area contributed by atoms with Crippen LogP contribution in [0.4, 0.5) is 28.9 Å². The molecule has 332 valence electrons. The van der Waals surface area contributed by atoms with Crippen LogP contribution in [-0.2, 0) is 26.2 Å². The Labute approximate surface area is 367 Å². The van der Waals surface area contributed by atoms with Gasteiger partial charge < -0.3 is 0 Å². The van der Waals surface area contributed by atoms with Gasteiger partial charge in [0.1, 0.15) is 0 Å². The molecule has 9 heteroatoms. The molecule has 2 atom stereocenters. The van der Waals surface area contributed by atoms with Gasteiger partial charge >= 0.3 is 369 Å². The number of benzene rings is 2. The van der Waals surface area contributed by atoms with Gasteiger partial charge in [0.2, 0.25) is 0 Å². The Balaban J connectivity index is 1.65. The molecule has 2 unspecified atom stereocenters. The number of carbonyl (C=O) groups is 2. The van der Waals surface area contributed by atoms with Gasteiger partial charge in [-0.3, -0.25) is 0 Å². The molecule has 61 heavy (non-hydrogen) atoms. The molecule has 4 nitrogen and oxygen atoms in total. The van der Waals surface area contributed by atoms with Crippen LogP contribution in [0.1, 0.15) is 157 Å². The molecule has 0 bridgehead atoms. The molecular formula is C52H70F4N2O2Ti. The van der Waals surface area contributed by atoms with Gasteiger partial charge in [-0.05, 0) is 0 Å². The molecule has 0 saturated heterocycles. The van der Waals surface area contributed by atoms with E-state index in [1.165, 1.54) is 24.3 Å². The van der Waals surface area contributed by atoms with Gasteiger partial charge in [0.05, 0.1) is 0 Å². The summed E-state index contributed by atoms with van der Waals surface area (Å²) in [5.41, 5.74) is -1.63. The van der Waals surface area contributed by atoms with E-state index >= 15 is 17.6 Å². The molecule has 0 aliphatic heterocycles. The third-order valence-corrected chi connectivity index (χ3v) is 22.9. The van der Waals surface area contributed by atoms with Crippen LogP contribution in [-0.4, -0.2) is 24.9 Å². The van der Waals surface area contributed by atoms with E-state index in [1.807, 2.05) is 65.8 Å². The molecule has 2 saturated carbocycles. The van der Waals surface area contributed by atoms with Crippen molar-refractivity contribution in [2.75, 3.05) is 22.9 Å². The van der Waals surface area contributed by atoms with Crippen molar-refractivity contribution in [3.8, 4) is 0 Å². The van der Waals surface area contributed by atoms with Crippen molar-refractivity contribution in [3.63, 3.8) is 0 Å². The molecule has 2 fully saturated rings. The van der Waals surface area contributed by atoms with Crippen molar-refractivity contribution in [1.82, 2.24) is 0 Å². The standard InChI is InChI=1S/2C21H30F2NO.2C5H5.Ti/c2*1-4-13-21(3,5-2)20(25)24(15-16-9-7-6-8-10-16)19-12-11-17(22)14-18(19)23;2*1-2-4-5-3-1;/h2*11-12,16H,4-10,13,15H2,1-3H3;2*1-3H,4H2;. The van der Waals surface area contributed by atoms with Gasteiger partial charge in [0.25, 0.3) is 0 Å². The van der Waals surface area contributed by atoms with E-state index < -0.39 is 50.7 Å². The number of hydrogen-bond acceptors (Lipinski definition) is 2. The van der Waals surface area contributed by atoms with Crippen molar-refractivity contribution >= 4 is 30.9 Å². The average Bonchev–Trinajstić information content (AvgIpc) is 4.02. The van der Waals surface area contributed by atoms with E-state index in [0.29, 0.717) is 46.5 Å². The molecule has 0 N–H and O–H groups in total. The third-order valence-electron chi connectivity index (χ3n) is 15.0. The Morgan fingerprint density at radius 3 is 1.30 bits per heavy atom. The molecule has 0 heterocycles. The minimum atomic E-state index is -5.35. The van der Waals surface area contributed by atoms with Crippen LogP contribution < -0.4 is 17.5 Å². The number of amides is 2. The van der Waals surface area contributed by atoms with Crippen LogP contribution in [0.15, 0.2) is 68.5 Å². The van der Waals surface area contributed by atoms with Crippen molar-refractivity contribution in [1.29, 1.82) is 0 Å². The van der Waals surface area contributed by atoms with E-state index in [9.17, 15) is 9.59 Å². The number of rotatable bonds is 18. The van der Waals surface area contributed by atoms with Gasteiger partial charge in [-0.1, -0.05) is 0 Å². The summed E-state index contributed by atoms with van der Waals surface area (Å²) in [6.07, 6.45) is 25.3. The van der Waals surface area contributed by atoms with E-state index in [1.54, 1.807) is 22.0 Å². The maximum atomic E-state index is 18.5. The summed E-state index contributed by atoms with van der Waals surface area (Å²) < 4.78 is 72.4. The molecule has 2 amide bonds. The first kappa shape index (κ1) is 47.3. The summed E-state index contributed by atoms with van der Waals surface area (Å²) in [7, 11) is 0. The monoisotopic (exact) mass is 878 g/mol.